The molecular weight excluding hydrogens is 254 g/mol. The highest BCUT2D eigenvalue weighted by molar-refractivity contribution is 7.91. The molecule has 1 aliphatic rings. The minimum absolute atomic E-state index is 0.256. The molecule has 1 fully saturated rings. The lowest BCUT2D eigenvalue weighted by Crippen LogP contribution is -2.26. The zero-order valence-electron chi connectivity index (χ0n) is 10.3. The molecule has 1 aromatic rings. The lowest BCUT2D eigenvalue weighted by atomic mass is 10.0. The first-order valence-electron chi connectivity index (χ1n) is 5.96. The van der Waals surface area contributed by atoms with Gasteiger partial charge in [-0.1, -0.05) is 0 Å². The maximum Gasteiger partial charge on any atom is 0.354 e. The fourth-order valence-corrected chi connectivity index (χ4v) is 3.85. The first-order valence-corrected chi connectivity index (χ1v) is 7.78. The van der Waals surface area contributed by atoms with Crippen LogP contribution in [0.15, 0.2) is 18.3 Å². The molecule has 1 aliphatic heterocycles. The average Bonchev–Trinajstić information content (AvgIpc) is 2.79. The van der Waals surface area contributed by atoms with E-state index in [0.717, 1.165) is 0 Å². The lowest BCUT2D eigenvalue weighted by Gasteiger charge is -2.23. The van der Waals surface area contributed by atoms with Gasteiger partial charge in [0.25, 0.3) is 0 Å². The Labute approximate surface area is 107 Å². The zero-order valence-corrected chi connectivity index (χ0v) is 11.1. The molecule has 0 aliphatic carbocycles. The van der Waals surface area contributed by atoms with Gasteiger partial charge in [-0.2, -0.15) is 0 Å². The Kier molecular flexibility index (Phi) is 3.75. The molecule has 0 unspecified atom stereocenters. The summed E-state index contributed by atoms with van der Waals surface area (Å²) in [7, 11) is -1.47. The highest BCUT2D eigenvalue weighted by Gasteiger charge is 2.24. The van der Waals surface area contributed by atoms with Crippen molar-refractivity contribution >= 4 is 15.8 Å². The molecule has 0 aromatic carbocycles. The second-order valence-corrected chi connectivity index (χ2v) is 6.94. The summed E-state index contributed by atoms with van der Waals surface area (Å²) in [5.41, 5.74) is 0.519. The normalized spacial score (nSPS) is 19.6. The Hall–Kier alpha value is -1.30. The summed E-state index contributed by atoms with van der Waals surface area (Å²) in [5.74, 6) is 0.465. The number of methoxy groups -OCH3 is 1. The van der Waals surface area contributed by atoms with Crippen molar-refractivity contribution in [3.63, 3.8) is 0 Å². The van der Waals surface area contributed by atoms with Crippen LogP contribution in [0, 0.1) is 5.92 Å². The summed E-state index contributed by atoms with van der Waals surface area (Å²) in [6, 6.07) is 3.51. The molecule has 2 heterocycles. The first-order chi connectivity index (χ1) is 8.52. The van der Waals surface area contributed by atoms with Gasteiger partial charge in [-0.25, -0.2) is 13.2 Å². The minimum atomic E-state index is -2.83. The first kappa shape index (κ1) is 13.1. The molecule has 18 heavy (non-hydrogen) atoms. The maximum atomic E-state index is 11.5. The number of aromatic nitrogens is 1. The van der Waals surface area contributed by atoms with Crippen molar-refractivity contribution in [3.8, 4) is 0 Å². The van der Waals surface area contributed by atoms with Gasteiger partial charge in [0.2, 0.25) is 0 Å². The van der Waals surface area contributed by atoms with Crippen LogP contribution in [0.5, 0.6) is 0 Å². The summed E-state index contributed by atoms with van der Waals surface area (Å²) in [4.78, 5) is 11.5. The quantitative estimate of drug-likeness (QED) is 0.772. The topological polar surface area (TPSA) is 65.4 Å². The second kappa shape index (κ2) is 5.14. The minimum Gasteiger partial charge on any atom is -0.464 e. The number of ether oxygens (including phenoxy) is 1. The van der Waals surface area contributed by atoms with Gasteiger partial charge in [0.1, 0.15) is 15.5 Å². The van der Waals surface area contributed by atoms with E-state index in [0.29, 0.717) is 31.0 Å². The Morgan fingerprint density at radius 2 is 2.11 bits per heavy atom. The smallest absolute Gasteiger partial charge is 0.354 e. The van der Waals surface area contributed by atoms with Crippen LogP contribution in [0.3, 0.4) is 0 Å². The molecule has 5 nitrogen and oxygen atoms in total. The average molecular weight is 271 g/mol. The van der Waals surface area contributed by atoms with Crippen molar-refractivity contribution < 1.29 is 17.9 Å². The molecule has 0 amide bonds. The second-order valence-electron chi connectivity index (χ2n) is 4.63. The number of esters is 1. The van der Waals surface area contributed by atoms with Crippen molar-refractivity contribution in [3.05, 3.63) is 24.0 Å². The van der Waals surface area contributed by atoms with E-state index in [2.05, 4.69) is 0 Å². The monoisotopic (exact) mass is 271 g/mol. The summed E-state index contributed by atoms with van der Waals surface area (Å²) < 4.78 is 29.2. The number of hydrogen-bond donors (Lipinski definition) is 0. The van der Waals surface area contributed by atoms with Crippen molar-refractivity contribution in [2.75, 3.05) is 18.6 Å². The van der Waals surface area contributed by atoms with E-state index >= 15 is 0 Å². The van der Waals surface area contributed by atoms with Crippen LogP contribution in [-0.4, -0.2) is 37.6 Å². The molecule has 2 rings (SSSR count). The van der Waals surface area contributed by atoms with E-state index < -0.39 is 9.84 Å². The fourth-order valence-electron chi connectivity index (χ4n) is 2.26. The van der Waals surface area contributed by atoms with E-state index in [4.69, 9.17) is 4.74 Å². The van der Waals surface area contributed by atoms with Gasteiger partial charge < -0.3 is 9.30 Å². The Balaban J connectivity index is 2.03. The van der Waals surface area contributed by atoms with Gasteiger partial charge in [-0.15, -0.1) is 0 Å². The van der Waals surface area contributed by atoms with Crippen LogP contribution in [0.25, 0.3) is 0 Å². The van der Waals surface area contributed by atoms with Gasteiger partial charge in [-0.3, -0.25) is 0 Å². The highest BCUT2D eigenvalue weighted by Crippen LogP contribution is 2.21. The van der Waals surface area contributed by atoms with E-state index in [1.807, 2.05) is 10.8 Å². The zero-order chi connectivity index (χ0) is 13.2. The van der Waals surface area contributed by atoms with Crippen LogP contribution < -0.4 is 0 Å². The third kappa shape index (κ3) is 2.93. The Morgan fingerprint density at radius 3 is 2.72 bits per heavy atom. The number of rotatable bonds is 3. The summed E-state index contributed by atoms with van der Waals surface area (Å²) in [6.45, 7) is 0.674. The Bertz CT molecular complexity index is 518. The van der Waals surface area contributed by atoms with Gasteiger partial charge in [0.05, 0.1) is 18.6 Å². The largest absolute Gasteiger partial charge is 0.464 e. The number of carbonyl (C=O) groups excluding carboxylic acids is 1. The van der Waals surface area contributed by atoms with E-state index in [1.165, 1.54) is 7.11 Å². The molecular formula is C12H17NO4S. The van der Waals surface area contributed by atoms with Crippen molar-refractivity contribution in [2.45, 2.75) is 19.4 Å². The molecule has 1 saturated heterocycles. The van der Waals surface area contributed by atoms with Crippen LogP contribution in [0.4, 0.5) is 0 Å². The third-order valence-corrected chi connectivity index (χ3v) is 5.07. The van der Waals surface area contributed by atoms with Gasteiger partial charge in [0, 0.05) is 12.7 Å². The van der Waals surface area contributed by atoms with E-state index in [1.54, 1.807) is 12.1 Å². The van der Waals surface area contributed by atoms with Crippen LogP contribution in [0.2, 0.25) is 0 Å². The van der Waals surface area contributed by atoms with Crippen LogP contribution in [-0.2, 0) is 21.1 Å². The molecule has 100 valence electrons. The van der Waals surface area contributed by atoms with Gasteiger partial charge in [-0.05, 0) is 30.9 Å². The summed E-state index contributed by atoms with van der Waals surface area (Å²) in [6.07, 6.45) is 3.16. The summed E-state index contributed by atoms with van der Waals surface area (Å²) >= 11 is 0. The standard InChI is InChI=1S/C12H17NO4S/c1-17-12(14)11-3-2-6-13(11)9-10-4-7-18(15,16)8-5-10/h2-3,6,10H,4-5,7-9H2,1H3. The molecule has 0 bridgehead atoms. The number of nitrogens with zero attached hydrogens (tertiary/aromatic N) is 1. The predicted molar refractivity (Wildman–Crippen MR) is 67.1 cm³/mol. The molecule has 0 atom stereocenters. The van der Waals surface area contributed by atoms with E-state index in [9.17, 15) is 13.2 Å². The van der Waals surface area contributed by atoms with Crippen molar-refractivity contribution in [1.29, 1.82) is 0 Å². The third-order valence-electron chi connectivity index (χ3n) is 3.35. The predicted octanol–water partition coefficient (Wildman–Crippen LogP) is 1.10. The SMILES string of the molecule is COC(=O)c1cccn1CC1CCS(=O)(=O)CC1. The van der Waals surface area contributed by atoms with E-state index in [-0.39, 0.29) is 17.5 Å². The van der Waals surface area contributed by atoms with Crippen molar-refractivity contribution in [1.82, 2.24) is 4.57 Å². The van der Waals surface area contributed by atoms with Crippen LogP contribution >= 0.6 is 0 Å². The molecule has 6 heteroatoms. The fraction of sp³-hybridized carbons (Fsp3) is 0.583. The van der Waals surface area contributed by atoms with Crippen LogP contribution in [0.1, 0.15) is 23.3 Å². The maximum absolute atomic E-state index is 11.5. The molecule has 0 N–H and O–H groups in total. The Morgan fingerprint density at radius 1 is 1.44 bits per heavy atom. The summed E-state index contributed by atoms with van der Waals surface area (Å²) in [5, 5.41) is 0. The van der Waals surface area contributed by atoms with Gasteiger partial charge >= 0.3 is 5.97 Å². The number of sulfone groups is 1. The van der Waals surface area contributed by atoms with Gasteiger partial charge in [0.15, 0.2) is 0 Å². The molecule has 1 aromatic heterocycles. The molecule has 0 radical (unpaired) electrons. The molecule has 0 spiro atoms. The lowest BCUT2D eigenvalue weighted by molar-refractivity contribution is 0.0587. The highest BCUT2D eigenvalue weighted by atomic mass is 32.2. The number of hydrogen-bond acceptors (Lipinski definition) is 4. The van der Waals surface area contributed by atoms with Crippen molar-refractivity contribution in [2.24, 2.45) is 5.92 Å². The molecule has 0 saturated carbocycles. The number of carbonyl (C=O) groups is 1.